The second kappa shape index (κ2) is 10.2. The van der Waals surface area contributed by atoms with Gasteiger partial charge in [0.05, 0.1) is 0 Å². The molecule has 2 aromatic heterocycles. The van der Waals surface area contributed by atoms with Crippen molar-refractivity contribution in [3.05, 3.63) is 168 Å². The maximum atomic E-state index is 2.43. The molecule has 2 heteroatoms. The fraction of sp³-hybridized carbons (Fsp3) is 0.0500. The minimum absolute atomic E-state index is 0.853. The van der Waals surface area contributed by atoms with Crippen molar-refractivity contribution < 1.29 is 0 Å². The quantitative estimate of drug-likeness (QED) is 0.186. The van der Waals surface area contributed by atoms with Gasteiger partial charge in [-0.25, -0.2) is 0 Å². The molecule has 0 N–H and O–H groups in total. The van der Waals surface area contributed by atoms with Crippen LogP contribution in [0.5, 0.6) is 0 Å². The van der Waals surface area contributed by atoms with E-state index in [9.17, 15) is 0 Å². The monoisotopic (exact) mass is 538 g/mol. The zero-order chi connectivity index (χ0) is 27.9. The maximum absolute atomic E-state index is 2.43. The molecule has 0 radical (unpaired) electrons. The van der Waals surface area contributed by atoms with Gasteiger partial charge in [0.25, 0.3) is 0 Å². The minimum Gasteiger partial charge on any atom is -0.336 e. The van der Waals surface area contributed by atoms with E-state index >= 15 is 0 Å². The Bertz CT molecular complexity index is 1960. The molecule has 0 aliphatic carbocycles. The topological polar surface area (TPSA) is 9.86 Å². The Kier molecular flexibility index (Phi) is 5.97. The van der Waals surface area contributed by atoms with Crippen LogP contribution in [0.3, 0.4) is 0 Å². The lowest BCUT2D eigenvalue weighted by Gasteiger charge is -2.09. The molecule has 2 nitrogen and oxygen atoms in total. The van der Waals surface area contributed by atoms with Crippen LogP contribution >= 0.6 is 0 Å². The van der Waals surface area contributed by atoms with Gasteiger partial charge in [0.15, 0.2) is 0 Å². The highest BCUT2D eigenvalue weighted by Gasteiger charge is 2.11. The van der Waals surface area contributed by atoms with E-state index in [-0.39, 0.29) is 0 Å². The molecular formula is C40H30N2. The van der Waals surface area contributed by atoms with Crippen molar-refractivity contribution in [3.8, 4) is 0 Å². The standard InChI is InChI=1S/C40H30N2/c1-5-13-37-33(9-1)34-10-2-6-14-38(34)41(37)27-31-23-19-29(20-24-31)17-18-30-21-25-32(26-22-30)28-42-39-15-7-3-11-35(39)36-12-4-8-16-40(36)42/h1-26H,27-28H2. The van der Waals surface area contributed by atoms with Crippen molar-refractivity contribution in [2.45, 2.75) is 13.1 Å². The molecule has 2 heterocycles. The Balaban J connectivity index is 0.998. The van der Waals surface area contributed by atoms with Gasteiger partial charge in [-0.15, -0.1) is 0 Å². The lowest BCUT2D eigenvalue weighted by molar-refractivity contribution is 0.869. The third kappa shape index (κ3) is 4.29. The van der Waals surface area contributed by atoms with E-state index < -0.39 is 0 Å². The maximum Gasteiger partial charge on any atom is 0.0494 e. The molecule has 0 atom stereocenters. The molecule has 8 rings (SSSR count). The van der Waals surface area contributed by atoms with Crippen LogP contribution in [0.25, 0.3) is 55.8 Å². The smallest absolute Gasteiger partial charge is 0.0494 e. The molecule has 0 amide bonds. The lowest BCUT2D eigenvalue weighted by Crippen LogP contribution is -1.99. The zero-order valence-corrected chi connectivity index (χ0v) is 23.3. The summed E-state index contributed by atoms with van der Waals surface area (Å²) in [5, 5.41) is 5.25. The first kappa shape index (κ1) is 24.5. The Morgan fingerprint density at radius 1 is 0.333 bits per heavy atom. The highest BCUT2D eigenvalue weighted by atomic mass is 15.0. The normalized spacial score (nSPS) is 11.9. The lowest BCUT2D eigenvalue weighted by atomic mass is 10.1. The number of rotatable bonds is 6. The summed E-state index contributed by atoms with van der Waals surface area (Å²) >= 11 is 0. The van der Waals surface area contributed by atoms with Gasteiger partial charge in [-0.05, 0) is 46.5 Å². The summed E-state index contributed by atoms with van der Waals surface area (Å²) in [6, 6.07) is 52.7. The number of hydrogen-bond acceptors (Lipinski definition) is 0. The second-order valence-corrected chi connectivity index (χ2v) is 11.1. The van der Waals surface area contributed by atoms with Gasteiger partial charge < -0.3 is 9.13 Å². The highest BCUT2D eigenvalue weighted by molar-refractivity contribution is 6.08. The van der Waals surface area contributed by atoms with Crippen LogP contribution in [0.1, 0.15) is 22.3 Å². The van der Waals surface area contributed by atoms with Crippen molar-refractivity contribution >= 4 is 55.8 Å². The zero-order valence-electron chi connectivity index (χ0n) is 23.3. The van der Waals surface area contributed by atoms with Crippen molar-refractivity contribution in [2.75, 3.05) is 0 Å². The fourth-order valence-corrected chi connectivity index (χ4v) is 6.37. The minimum atomic E-state index is 0.853. The van der Waals surface area contributed by atoms with Gasteiger partial charge in [0.2, 0.25) is 0 Å². The van der Waals surface area contributed by atoms with Crippen LogP contribution in [0.4, 0.5) is 0 Å². The molecular weight excluding hydrogens is 508 g/mol. The highest BCUT2D eigenvalue weighted by Crippen LogP contribution is 2.31. The van der Waals surface area contributed by atoms with Gasteiger partial charge in [-0.1, -0.05) is 133 Å². The summed E-state index contributed by atoms with van der Waals surface area (Å²) < 4.78 is 4.85. The van der Waals surface area contributed by atoms with Crippen molar-refractivity contribution in [3.63, 3.8) is 0 Å². The molecule has 0 aliphatic rings. The molecule has 0 spiro atoms. The van der Waals surface area contributed by atoms with Crippen LogP contribution in [0.2, 0.25) is 0 Å². The first-order valence-corrected chi connectivity index (χ1v) is 14.6. The summed E-state index contributed by atoms with van der Waals surface area (Å²) in [5.74, 6) is 0. The second-order valence-electron chi connectivity index (χ2n) is 11.1. The van der Waals surface area contributed by atoms with E-state index in [1.54, 1.807) is 0 Å². The summed E-state index contributed by atoms with van der Waals surface area (Å²) in [5.41, 5.74) is 10.1. The molecule has 42 heavy (non-hydrogen) atoms. The third-order valence-electron chi connectivity index (χ3n) is 8.47. The van der Waals surface area contributed by atoms with Crippen LogP contribution in [0, 0.1) is 0 Å². The van der Waals surface area contributed by atoms with Gasteiger partial charge in [0, 0.05) is 56.7 Å². The van der Waals surface area contributed by atoms with Gasteiger partial charge >= 0.3 is 0 Å². The Labute approximate surface area is 245 Å². The molecule has 6 aromatic carbocycles. The Morgan fingerprint density at radius 2 is 0.619 bits per heavy atom. The molecule has 0 unspecified atom stereocenters. The average Bonchev–Trinajstić information content (AvgIpc) is 3.54. The van der Waals surface area contributed by atoms with E-state index in [0.29, 0.717) is 0 Å². The predicted molar refractivity (Wildman–Crippen MR) is 179 cm³/mol. The third-order valence-corrected chi connectivity index (χ3v) is 8.47. The molecule has 0 fully saturated rings. The molecule has 8 aromatic rings. The number of hydrogen-bond donors (Lipinski definition) is 0. The van der Waals surface area contributed by atoms with Gasteiger partial charge in [-0.2, -0.15) is 0 Å². The number of fused-ring (bicyclic) bond motifs is 6. The van der Waals surface area contributed by atoms with Crippen LogP contribution in [-0.2, 0) is 13.1 Å². The van der Waals surface area contributed by atoms with Crippen molar-refractivity contribution in [2.24, 2.45) is 0 Å². The summed E-state index contributed by atoms with van der Waals surface area (Å²) in [7, 11) is 0. The average molecular weight is 539 g/mol. The van der Waals surface area contributed by atoms with E-state index in [1.807, 2.05) is 0 Å². The summed E-state index contributed by atoms with van der Waals surface area (Å²) in [6.45, 7) is 1.71. The predicted octanol–water partition coefficient (Wildman–Crippen LogP) is 10.2. The number of para-hydroxylation sites is 4. The molecule has 0 bridgehead atoms. The first-order chi connectivity index (χ1) is 20.8. The van der Waals surface area contributed by atoms with Crippen molar-refractivity contribution in [1.29, 1.82) is 0 Å². The van der Waals surface area contributed by atoms with E-state index in [2.05, 4.69) is 167 Å². The largest absolute Gasteiger partial charge is 0.336 e. The van der Waals surface area contributed by atoms with Crippen LogP contribution < -0.4 is 0 Å². The van der Waals surface area contributed by atoms with Crippen LogP contribution in [0.15, 0.2) is 146 Å². The number of nitrogens with zero attached hydrogens (tertiary/aromatic N) is 2. The SMILES string of the molecule is C(=Cc1ccc(Cn2c3ccccc3c3ccccc32)cc1)c1ccc(Cn2c3ccccc3c3ccccc32)cc1. The van der Waals surface area contributed by atoms with E-state index in [4.69, 9.17) is 0 Å². The Morgan fingerprint density at radius 3 is 0.929 bits per heavy atom. The number of aromatic nitrogens is 2. The Hall–Kier alpha value is -5.34. The first-order valence-electron chi connectivity index (χ1n) is 14.6. The summed E-state index contributed by atoms with van der Waals surface area (Å²) in [4.78, 5) is 0. The molecule has 0 saturated carbocycles. The number of benzene rings is 6. The molecule has 0 aliphatic heterocycles. The molecule has 0 saturated heterocycles. The van der Waals surface area contributed by atoms with E-state index in [0.717, 1.165) is 13.1 Å². The van der Waals surface area contributed by atoms with Crippen molar-refractivity contribution in [1.82, 2.24) is 9.13 Å². The molecule has 200 valence electrons. The van der Waals surface area contributed by atoms with Gasteiger partial charge in [0.1, 0.15) is 0 Å². The van der Waals surface area contributed by atoms with Gasteiger partial charge in [-0.3, -0.25) is 0 Å². The van der Waals surface area contributed by atoms with Crippen LogP contribution in [-0.4, -0.2) is 9.13 Å². The fourth-order valence-electron chi connectivity index (χ4n) is 6.37. The van der Waals surface area contributed by atoms with E-state index in [1.165, 1.54) is 65.9 Å². The summed E-state index contributed by atoms with van der Waals surface area (Å²) in [6.07, 6.45) is 4.40.